The van der Waals surface area contributed by atoms with Crippen LogP contribution in [-0.4, -0.2) is 58.2 Å². The molecule has 2 aromatic rings. The van der Waals surface area contributed by atoms with E-state index < -0.39 is 0 Å². The van der Waals surface area contributed by atoms with Gasteiger partial charge in [-0.25, -0.2) is 14.6 Å². The summed E-state index contributed by atoms with van der Waals surface area (Å²) in [4.78, 5) is 21.5. The fourth-order valence-electron chi connectivity index (χ4n) is 3.90. The average Bonchev–Trinajstić information content (AvgIpc) is 3.16. The fourth-order valence-corrected chi connectivity index (χ4v) is 4.46. The van der Waals surface area contributed by atoms with Gasteiger partial charge in [0.15, 0.2) is 10.8 Å². The molecule has 0 radical (unpaired) electrons. The molecule has 1 aliphatic carbocycles. The molecule has 3 rings (SSSR count). The van der Waals surface area contributed by atoms with Gasteiger partial charge in [-0.3, -0.25) is 4.79 Å². The predicted molar refractivity (Wildman–Crippen MR) is 121 cm³/mol. The zero-order valence-corrected chi connectivity index (χ0v) is 19.0. The van der Waals surface area contributed by atoms with Crippen molar-refractivity contribution in [3.05, 3.63) is 6.20 Å². The SMILES string of the molecule is CCSc1nc(NCCOC)c2cnn(CCNC(=O)CCC3CCCCC3)c2n1. The Labute approximate surface area is 182 Å². The highest BCUT2D eigenvalue weighted by atomic mass is 32.2. The van der Waals surface area contributed by atoms with Crippen LogP contribution in [0.5, 0.6) is 0 Å². The standard InChI is InChI=1S/C21H34N6O2S/c1-3-30-21-25-19(23-12-14-29-2)17-15-24-27(20(17)26-21)13-11-22-18(28)10-9-16-7-5-4-6-8-16/h15-16H,3-14H2,1-2H3,(H,22,28)(H,23,25,26). The molecule has 0 aliphatic heterocycles. The number of nitrogens with one attached hydrogen (secondary N) is 2. The molecular weight excluding hydrogens is 400 g/mol. The maximum atomic E-state index is 12.2. The number of fused-ring (bicyclic) bond motifs is 1. The minimum Gasteiger partial charge on any atom is -0.383 e. The van der Waals surface area contributed by atoms with Gasteiger partial charge in [-0.2, -0.15) is 5.10 Å². The van der Waals surface area contributed by atoms with Crippen molar-refractivity contribution >= 4 is 34.5 Å². The first-order chi connectivity index (χ1) is 14.7. The molecule has 2 aromatic heterocycles. The van der Waals surface area contributed by atoms with E-state index in [-0.39, 0.29) is 5.91 Å². The Morgan fingerprint density at radius 3 is 2.87 bits per heavy atom. The topological polar surface area (TPSA) is 94.0 Å². The molecule has 1 saturated carbocycles. The normalized spacial score (nSPS) is 14.9. The molecule has 0 unspecified atom stereocenters. The summed E-state index contributed by atoms with van der Waals surface area (Å²) in [7, 11) is 1.68. The van der Waals surface area contributed by atoms with Crippen LogP contribution in [-0.2, 0) is 16.1 Å². The predicted octanol–water partition coefficient (Wildman–Crippen LogP) is 3.47. The molecule has 8 nitrogen and oxygen atoms in total. The molecule has 166 valence electrons. The lowest BCUT2D eigenvalue weighted by atomic mass is 9.86. The Morgan fingerprint density at radius 1 is 1.27 bits per heavy atom. The highest BCUT2D eigenvalue weighted by Gasteiger charge is 2.16. The molecule has 0 spiro atoms. The highest BCUT2D eigenvalue weighted by Crippen LogP contribution is 2.27. The third-order valence-electron chi connectivity index (χ3n) is 5.50. The number of hydrogen-bond donors (Lipinski definition) is 2. The van der Waals surface area contributed by atoms with Gasteiger partial charge < -0.3 is 15.4 Å². The second-order valence-electron chi connectivity index (χ2n) is 7.71. The molecule has 0 bridgehead atoms. The number of anilines is 1. The average molecular weight is 435 g/mol. The second kappa shape index (κ2) is 12.1. The second-order valence-corrected chi connectivity index (χ2v) is 8.94. The van der Waals surface area contributed by atoms with Crippen LogP contribution in [0, 0.1) is 5.92 Å². The van der Waals surface area contributed by atoms with Gasteiger partial charge >= 0.3 is 0 Å². The molecule has 0 saturated heterocycles. The number of carbonyl (C=O) groups excluding carboxylic acids is 1. The van der Waals surface area contributed by atoms with Crippen molar-refractivity contribution in [3.8, 4) is 0 Å². The molecule has 1 fully saturated rings. The number of amides is 1. The van der Waals surface area contributed by atoms with Gasteiger partial charge in [0.25, 0.3) is 0 Å². The Bertz CT molecular complexity index is 806. The van der Waals surface area contributed by atoms with Gasteiger partial charge in [0.1, 0.15) is 5.82 Å². The lowest BCUT2D eigenvalue weighted by molar-refractivity contribution is -0.121. The van der Waals surface area contributed by atoms with Crippen LogP contribution in [0.25, 0.3) is 11.0 Å². The monoisotopic (exact) mass is 434 g/mol. The number of methoxy groups -OCH3 is 1. The van der Waals surface area contributed by atoms with Gasteiger partial charge in [-0.15, -0.1) is 0 Å². The Balaban J connectivity index is 1.56. The number of thioether (sulfide) groups is 1. The van der Waals surface area contributed by atoms with E-state index in [0.717, 1.165) is 40.1 Å². The first kappa shape index (κ1) is 22.8. The molecule has 0 atom stereocenters. The largest absolute Gasteiger partial charge is 0.383 e. The van der Waals surface area contributed by atoms with Crippen molar-refractivity contribution in [2.24, 2.45) is 5.92 Å². The summed E-state index contributed by atoms with van der Waals surface area (Å²) in [6.07, 6.45) is 9.98. The lowest BCUT2D eigenvalue weighted by Gasteiger charge is -2.20. The van der Waals surface area contributed by atoms with Crippen molar-refractivity contribution in [2.45, 2.75) is 63.6 Å². The van der Waals surface area contributed by atoms with Crippen LogP contribution >= 0.6 is 11.8 Å². The highest BCUT2D eigenvalue weighted by molar-refractivity contribution is 7.99. The van der Waals surface area contributed by atoms with E-state index in [1.54, 1.807) is 25.1 Å². The minimum absolute atomic E-state index is 0.135. The maximum Gasteiger partial charge on any atom is 0.220 e. The quantitative estimate of drug-likeness (QED) is 0.300. The van der Waals surface area contributed by atoms with E-state index in [9.17, 15) is 4.79 Å². The first-order valence-electron chi connectivity index (χ1n) is 11.1. The third kappa shape index (κ3) is 6.57. The Morgan fingerprint density at radius 2 is 2.10 bits per heavy atom. The number of rotatable bonds is 12. The summed E-state index contributed by atoms with van der Waals surface area (Å²) in [6, 6.07) is 0. The molecular formula is C21H34N6O2S. The Kier molecular flexibility index (Phi) is 9.20. The van der Waals surface area contributed by atoms with E-state index in [4.69, 9.17) is 4.74 Å². The van der Waals surface area contributed by atoms with Crippen molar-refractivity contribution in [1.82, 2.24) is 25.1 Å². The molecule has 2 N–H and O–H groups in total. The zero-order valence-electron chi connectivity index (χ0n) is 18.2. The smallest absolute Gasteiger partial charge is 0.220 e. The Hall–Kier alpha value is -1.87. The van der Waals surface area contributed by atoms with Crippen molar-refractivity contribution in [2.75, 3.05) is 37.9 Å². The van der Waals surface area contributed by atoms with E-state index >= 15 is 0 Å². The van der Waals surface area contributed by atoms with Crippen LogP contribution < -0.4 is 10.6 Å². The van der Waals surface area contributed by atoms with Crippen molar-refractivity contribution in [3.63, 3.8) is 0 Å². The molecule has 0 aromatic carbocycles. The molecule has 9 heteroatoms. The number of carbonyl (C=O) groups is 1. The number of ether oxygens (including phenoxy) is 1. The van der Waals surface area contributed by atoms with Crippen LogP contribution in [0.1, 0.15) is 51.9 Å². The minimum atomic E-state index is 0.135. The van der Waals surface area contributed by atoms with Gasteiger partial charge in [0, 0.05) is 26.6 Å². The van der Waals surface area contributed by atoms with E-state index in [1.165, 1.54) is 32.1 Å². The van der Waals surface area contributed by atoms with Crippen molar-refractivity contribution in [1.29, 1.82) is 0 Å². The summed E-state index contributed by atoms with van der Waals surface area (Å²) in [5.74, 6) is 2.54. The first-order valence-corrected chi connectivity index (χ1v) is 12.1. The lowest BCUT2D eigenvalue weighted by Crippen LogP contribution is -2.28. The molecule has 1 aliphatic rings. The van der Waals surface area contributed by atoms with E-state index in [0.29, 0.717) is 32.7 Å². The van der Waals surface area contributed by atoms with Crippen LogP contribution in [0.15, 0.2) is 11.4 Å². The van der Waals surface area contributed by atoms with Crippen LogP contribution in [0.2, 0.25) is 0 Å². The zero-order chi connectivity index (χ0) is 21.2. The number of aromatic nitrogens is 4. The summed E-state index contributed by atoms with van der Waals surface area (Å²) in [5, 5.41) is 12.4. The van der Waals surface area contributed by atoms with Crippen molar-refractivity contribution < 1.29 is 9.53 Å². The van der Waals surface area contributed by atoms with Gasteiger partial charge in [-0.05, 0) is 18.1 Å². The molecule has 1 amide bonds. The van der Waals surface area contributed by atoms with Gasteiger partial charge in [0.05, 0.1) is 24.7 Å². The van der Waals surface area contributed by atoms with Crippen LogP contribution in [0.3, 0.4) is 0 Å². The summed E-state index contributed by atoms with van der Waals surface area (Å²) in [6.45, 7) is 4.48. The molecule has 2 heterocycles. The summed E-state index contributed by atoms with van der Waals surface area (Å²) >= 11 is 1.60. The maximum absolute atomic E-state index is 12.2. The van der Waals surface area contributed by atoms with E-state index in [2.05, 4.69) is 32.6 Å². The van der Waals surface area contributed by atoms with Gasteiger partial charge in [0.2, 0.25) is 5.91 Å². The summed E-state index contributed by atoms with van der Waals surface area (Å²) < 4.78 is 6.97. The number of hydrogen-bond acceptors (Lipinski definition) is 7. The number of nitrogens with zero attached hydrogens (tertiary/aromatic N) is 4. The fraction of sp³-hybridized carbons (Fsp3) is 0.714. The third-order valence-corrected chi connectivity index (χ3v) is 6.23. The van der Waals surface area contributed by atoms with Gasteiger partial charge in [-0.1, -0.05) is 50.8 Å². The summed E-state index contributed by atoms with van der Waals surface area (Å²) in [5.41, 5.74) is 0.789. The molecule has 30 heavy (non-hydrogen) atoms. The van der Waals surface area contributed by atoms with E-state index in [1.807, 2.05) is 4.68 Å². The van der Waals surface area contributed by atoms with Crippen LogP contribution in [0.4, 0.5) is 5.82 Å².